The highest BCUT2D eigenvalue weighted by molar-refractivity contribution is 6.37. The van der Waals surface area contributed by atoms with E-state index >= 15 is 0 Å². The van der Waals surface area contributed by atoms with Crippen LogP contribution in [0.1, 0.15) is 32.6 Å². The van der Waals surface area contributed by atoms with Crippen LogP contribution in [0.5, 0.6) is 5.75 Å². The summed E-state index contributed by atoms with van der Waals surface area (Å²) in [7, 11) is 0. The van der Waals surface area contributed by atoms with Gasteiger partial charge >= 0.3 is 11.9 Å². The van der Waals surface area contributed by atoms with Crippen molar-refractivity contribution in [3.63, 3.8) is 0 Å². The molecule has 0 aliphatic rings. The molecule has 0 fully saturated rings. The lowest BCUT2D eigenvalue weighted by atomic mass is 10.2. The first-order chi connectivity index (χ1) is 9.54. The molecule has 0 bridgehead atoms. The molecule has 0 aromatic heterocycles. The molecule has 0 unspecified atom stereocenters. The van der Waals surface area contributed by atoms with E-state index in [4.69, 9.17) is 32.7 Å². The molecule has 0 saturated heterocycles. The van der Waals surface area contributed by atoms with Crippen molar-refractivity contribution < 1.29 is 19.1 Å². The molecule has 0 N–H and O–H groups in total. The van der Waals surface area contributed by atoms with Gasteiger partial charge < -0.3 is 9.47 Å². The molecule has 1 aromatic rings. The second kappa shape index (κ2) is 8.82. The minimum Gasteiger partial charge on any atom is -0.466 e. The SMILES string of the molecule is CCCOC(=O)CCCC(=O)Oc1c(Cl)cccc1Cl. The fourth-order valence-electron chi connectivity index (χ4n) is 1.41. The molecule has 1 rings (SSSR count). The summed E-state index contributed by atoms with van der Waals surface area (Å²) in [6, 6.07) is 4.82. The summed E-state index contributed by atoms with van der Waals surface area (Å²) in [6.45, 7) is 2.32. The Hall–Kier alpha value is -1.26. The van der Waals surface area contributed by atoms with Crippen LogP contribution in [0.3, 0.4) is 0 Å². The van der Waals surface area contributed by atoms with E-state index in [1.54, 1.807) is 18.2 Å². The van der Waals surface area contributed by atoms with E-state index in [0.717, 1.165) is 6.42 Å². The van der Waals surface area contributed by atoms with Crippen LogP contribution in [0.2, 0.25) is 10.0 Å². The first kappa shape index (κ1) is 16.8. The van der Waals surface area contributed by atoms with Gasteiger partial charge in [0.2, 0.25) is 0 Å². The molecule has 0 atom stereocenters. The number of halogens is 2. The molecule has 0 radical (unpaired) electrons. The summed E-state index contributed by atoms with van der Waals surface area (Å²) in [6.07, 6.45) is 1.43. The molecule has 20 heavy (non-hydrogen) atoms. The fraction of sp³-hybridized carbons (Fsp3) is 0.429. The second-order valence-electron chi connectivity index (χ2n) is 4.10. The molecule has 0 spiro atoms. The summed E-state index contributed by atoms with van der Waals surface area (Å²) >= 11 is 11.8. The molecule has 0 saturated carbocycles. The van der Waals surface area contributed by atoms with E-state index in [2.05, 4.69) is 0 Å². The van der Waals surface area contributed by atoms with E-state index in [1.165, 1.54) is 0 Å². The lowest BCUT2D eigenvalue weighted by Gasteiger charge is -2.07. The van der Waals surface area contributed by atoms with Gasteiger partial charge in [0, 0.05) is 12.8 Å². The molecule has 0 amide bonds. The van der Waals surface area contributed by atoms with Crippen molar-refractivity contribution >= 4 is 35.1 Å². The van der Waals surface area contributed by atoms with Gasteiger partial charge in [0.25, 0.3) is 0 Å². The van der Waals surface area contributed by atoms with Crippen molar-refractivity contribution in [1.82, 2.24) is 0 Å². The van der Waals surface area contributed by atoms with Crippen molar-refractivity contribution in [2.75, 3.05) is 6.61 Å². The van der Waals surface area contributed by atoms with Crippen LogP contribution in [0, 0.1) is 0 Å². The highest BCUT2D eigenvalue weighted by Crippen LogP contribution is 2.32. The largest absolute Gasteiger partial charge is 0.466 e. The molecular weight excluding hydrogens is 303 g/mol. The Balaban J connectivity index is 2.36. The average Bonchev–Trinajstić information content (AvgIpc) is 2.41. The van der Waals surface area contributed by atoms with E-state index < -0.39 is 5.97 Å². The summed E-state index contributed by atoms with van der Waals surface area (Å²) in [5.74, 6) is -0.645. The van der Waals surface area contributed by atoms with Gasteiger partial charge in [-0.15, -0.1) is 0 Å². The number of carbonyl (C=O) groups excluding carboxylic acids is 2. The number of carbonyl (C=O) groups is 2. The summed E-state index contributed by atoms with van der Waals surface area (Å²) in [5.41, 5.74) is 0. The van der Waals surface area contributed by atoms with Crippen LogP contribution in [0.25, 0.3) is 0 Å². The van der Waals surface area contributed by atoms with Gasteiger partial charge in [-0.1, -0.05) is 36.2 Å². The zero-order valence-corrected chi connectivity index (χ0v) is 12.7. The third kappa shape index (κ3) is 5.80. The van der Waals surface area contributed by atoms with E-state index in [-0.39, 0.29) is 34.6 Å². The van der Waals surface area contributed by atoms with Crippen LogP contribution < -0.4 is 4.74 Å². The predicted molar refractivity (Wildman–Crippen MR) is 77.2 cm³/mol. The lowest BCUT2D eigenvalue weighted by molar-refractivity contribution is -0.144. The molecular formula is C14H16Cl2O4. The molecule has 1 aromatic carbocycles. The topological polar surface area (TPSA) is 52.6 Å². The van der Waals surface area contributed by atoms with Crippen molar-refractivity contribution in [2.45, 2.75) is 32.6 Å². The van der Waals surface area contributed by atoms with Crippen molar-refractivity contribution in [2.24, 2.45) is 0 Å². The minimum absolute atomic E-state index is 0.1000. The van der Waals surface area contributed by atoms with Crippen LogP contribution in [0.4, 0.5) is 0 Å². The zero-order valence-electron chi connectivity index (χ0n) is 11.2. The Labute approximate surface area is 128 Å². The number of ether oxygens (including phenoxy) is 2. The Morgan fingerprint density at radius 3 is 2.30 bits per heavy atom. The first-order valence-corrected chi connectivity index (χ1v) is 7.10. The maximum atomic E-state index is 11.6. The van der Waals surface area contributed by atoms with Gasteiger partial charge in [0.05, 0.1) is 16.7 Å². The monoisotopic (exact) mass is 318 g/mol. The molecule has 0 heterocycles. The number of benzene rings is 1. The van der Waals surface area contributed by atoms with Crippen molar-refractivity contribution in [3.8, 4) is 5.75 Å². The standard InChI is InChI=1S/C14H16Cl2O4/c1-2-9-19-12(17)7-4-8-13(18)20-14-10(15)5-3-6-11(14)16/h3,5-6H,2,4,7-9H2,1H3. The second-order valence-corrected chi connectivity index (χ2v) is 4.91. The van der Waals surface area contributed by atoms with Gasteiger partial charge in [-0.05, 0) is 25.0 Å². The number of esters is 2. The molecule has 0 aliphatic carbocycles. The van der Waals surface area contributed by atoms with Crippen LogP contribution in [-0.2, 0) is 14.3 Å². The van der Waals surface area contributed by atoms with E-state index in [0.29, 0.717) is 13.0 Å². The van der Waals surface area contributed by atoms with Crippen LogP contribution in [-0.4, -0.2) is 18.5 Å². The van der Waals surface area contributed by atoms with E-state index in [9.17, 15) is 9.59 Å². The van der Waals surface area contributed by atoms with Gasteiger partial charge in [-0.25, -0.2) is 0 Å². The molecule has 110 valence electrons. The van der Waals surface area contributed by atoms with Gasteiger partial charge in [0.1, 0.15) is 0 Å². The fourth-order valence-corrected chi connectivity index (χ4v) is 1.88. The number of hydrogen-bond donors (Lipinski definition) is 0. The van der Waals surface area contributed by atoms with Gasteiger partial charge in [-0.2, -0.15) is 0 Å². The third-order valence-corrected chi connectivity index (χ3v) is 2.96. The Morgan fingerprint density at radius 2 is 1.70 bits per heavy atom. The van der Waals surface area contributed by atoms with Crippen LogP contribution >= 0.6 is 23.2 Å². The highest BCUT2D eigenvalue weighted by atomic mass is 35.5. The smallest absolute Gasteiger partial charge is 0.311 e. The summed E-state index contributed by atoms with van der Waals surface area (Å²) in [5, 5.41) is 0.543. The highest BCUT2D eigenvalue weighted by Gasteiger charge is 2.12. The lowest BCUT2D eigenvalue weighted by Crippen LogP contribution is -2.10. The minimum atomic E-state index is -0.483. The van der Waals surface area contributed by atoms with Gasteiger partial charge in [0.15, 0.2) is 5.75 Å². The average molecular weight is 319 g/mol. The van der Waals surface area contributed by atoms with Crippen molar-refractivity contribution in [3.05, 3.63) is 28.2 Å². The number of rotatable bonds is 7. The predicted octanol–water partition coefficient (Wildman–Crippen LogP) is 4.02. The Bertz CT molecular complexity index is 454. The Morgan fingerprint density at radius 1 is 1.10 bits per heavy atom. The van der Waals surface area contributed by atoms with Crippen molar-refractivity contribution in [1.29, 1.82) is 0 Å². The summed E-state index contributed by atoms with van der Waals surface area (Å²) < 4.78 is 9.98. The molecule has 6 heteroatoms. The third-order valence-electron chi connectivity index (χ3n) is 2.36. The zero-order chi connectivity index (χ0) is 15.0. The maximum Gasteiger partial charge on any atom is 0.311 e. The van der Waals surface area contributed by atoms with E-state index in [1.807, 2.05) is 6.92 Å². The quantitative estimate of drug-likeness (QED) is 0.562. The summed E-state index contributed by atoms with van der Waals surface area (Å²) in [4.78, 5) is 22.9. The van der Waals surface area contributed by atoms with Crippen LogP contribution in [0.15, 0.2) is 18.2 Å². The van der Waals surface area contributed by atoms with Gasteiger partial charge in [-0.3, -0.25) is 9.59 Å². The molecule has 0 aliphatic heterocycles. The number of hydrogen-bond acceptors (Lipinski definition) is 4. The number of para-hydroxylation sites is 1. The Kier molecular flexibility index (Phi) is 7.41. The molecule has 4 nitrogen and oxygen atoms in total. The first-order valence-electron chi connectivity index (χ1n) is 6.35. The maximum absolute atomic E-state index is 11.6. The normalized spacial score (nSPS) is 10.2.